The maximum Gasteiger partial charge on any atom is 0.331 e. The predicted molar refractivity (Wildman–Crippen MR) is 94.1 cm³/mol. The molecular weight excluding hydrogens is 302 g/mol. The maximum atomic E-state index is 11.2. The van der Waals surface area contributed by atoms with Crippen molar-refractivity contribution in [1.29, 1.82) is 0 Å². The largest absolute Gasteiger partial charge is 0.382 e. The summed E-state index contributed by atoms with van der Waals surface area (Å²) < 4.78 is 5.70. The molecule has 3 rings (SSSR count). The highest BCUT2D eigenvalue weighted by molar-refractivity contribution is 6.03. The highest BCUT2D eigenvalue weighted by atomic mass is 16.7. The third kappa shape index (κ3) is 3.25. The summed E-state index contributed by atoms with van der Waals surface area (Å²) in [5, 5.41) is 4.18. The van der Waals surface area contributed by atoms with Crippen molar-refractivity contribution in [2.45, 2.75) is 57.8 Å². The lowest BCUT2D eigenvalue weighted by Gasteiger charge is -2.49. The van der Waals surface area contributed by atoms with Crippen LogP contribution in [0.1, 0.15) is 63.5 Å². The van der Waals surface area contributed by atoms with Gasteiger partial charge in [0.25, 0.3) is 0 Å². The molecule has 0 spiro atoms. The number of nitrogens with zero attached hydrogens (tertiary/aromatic N) is 1. The zero-order valence-corrected chi connectivity index (χ0v) is 14.7. The molecule has 0 N–H and O–H groups in total. The van der Waals surface area contributed by atoms with E-state index in [1.54, 1.807) is 0 Å². The van der Waals surface area contributed by atoms with E-state index >= 15 is 0 Å². The molecule has 0 heterocycles. The van der Waals surface area contributed by atoms with E-state index in [-0.39, 0.29) is 11.4 Å². The van der Waals surface area contributed by atoms with Crippen molar-refractivity contribution < 1.29 is 14.4 Å². The quantitative estimate of drug-likeness (QED) is 0.462. The molecule has 2 aliphatic rings. The fourth-order valence-corrected chi connectivity index (χ4v) is 4.54. The first kappa shape index (κ1) is 17.2. The van der Waals surface area contributed by atoms with Crippen LogP contribution in [-0.2, 0) is 19.8 Å². The summed E-state index contributed by atoms with van der Waals surface area (Å²) in [6.45, 7) is 5.01. The van der Waals surface area contributed by atoms with E-state index in [2.05, 4.69) is 30.3 Å². The predicted octanol–water partition coefficient (Wildman–Crippen LogP) is 4.21. The highest BCUT2D eigenvalue weighted by Gasteiger charge is 2.46. The molecule has 0 aromatic heterocycles. The van der Waals surface area contributed by atoms with Gasteiger partial charge in [0.1, 0.15) is 0 Å². The summed E-state index contributed by atoms with van der Waals surface area (Å²) in [4.78, 5) is 16.1. The van der Waals surface area contributed by atoms with Crippen LogP contribution < -0.4 is 0 Å². The molecule has 0 aliphatic heterocycles. The average molecular weight is 329 g/mol. The second-order valence-corrected chi connectivity index (χ2v) is 6.92. The molecule has 2 atom stereocenters. The third-order valence-electron chi connectivity index (χ3n) is 5.60. The third-order valence-corrected chi connectivity index (χ3v) is 5.60. The van der Waals surface area contributed by atoms with Crippen molar-refractivity contribution in [2.24, 2.45) is 11.1 Å². The molecule has 1 saturated carbocycles. The van der Waals surface area contributed by atoms with Crippen molar-refractivity contribution in [3.05, 3.63) is 35.4 Å². The van der Waals surface area contributed by atoms with E-state index in [9.17, 15) is 4.79 Å². The molecular formula is C20H27NO3. The summed E-state index contributed by atoms with van der Waals surface area (Å²) in [5.41, 5.74) is 3.61. The number of hydrogen-bond acceptors (Lipinski definition) is 4. The number of ether oxygens (including phenoxy) is 1. The summed E-state index contributed by atoms with van der Waals surface area (Å²) in [5.74, 6) is 0.188. The van der Waals surface area contributed by atoms with Gasteiger partial charge in [0.15, 0.2) is 0 Å². The summed E-state index contributed by atoms with van der Waals surface area (Å²) >= 11 is 0. The fourth-order valence-electron chi connectivity index (χ4n) is 4.54. The highest BCUT2D eigenvalue weighted by Crippen LogP contribution is 2.52. The number of fused-ring (bicyclic) bond motifs is 3. The van der Waals surface area contributed by atoms with Gasteiger partial charge in [0, 0.05) is 31.1 Å². The number of oxime groups is 1. The first-order chi connectivity index (χ1) is 11.7. The molecule has 0 amide bonds. The smallest absolute Gasteiger partial charge is 0.331 e. The van der Waals surface area contributed by atoms with Crippen molar-refractivity contribution in [2.75, 3.05) is 13.2 Å². The molecule has 2 aliphatic carbocycles. The van der Waals surface area contributed by atoms with Gasteiger partial charge >= 0.3 is 5.97 Å². The topological polar surface area (TPSA) is 47.9 Å². The molecule has 0 bridgehead atoms. The minimum absolute atomic E-state index is 0.180. The van der Waals surface area contributed by atoms with Crippen LogP contribution in [0.15, 0.2) is 29.4 Å². The summed E-state index contributed by atoms with van der Waals surface area (Å²) in [7, 11) is 0. The Kier molecular flexibility index (Phi) is 5.34. The van der Waals surface area contributed by atoms with Crippen LogP contribution in [0.3, 0.4) is 0 Å². The van der Waals surface area contributed by atoms with Gasteiger partial charge in [-0.1, -0.05) is 42.3 Å². The number of rotatable bonds is 5. The van der Waals surface area contributed by atoms with Crippen LogP contribution in [0, 0.1) is 5.92 Å². The first-order valence-electron chi connectivity index (χ1n) is 9.09. The summed E-state index contributed by atoms with van der Waals surface area (Å²) in [6.07, 6.45) is 6.90. The average Bonchev–Trinajstić information content (AvgIpc) is 2.60. The standard InChI is InChI=1S/C20H27NO3/c1-3-23-13-12-20-11-7-6-8-16(20)14-19(21-24-15(2)22)17-9-4-5-10-18(17)20/h4-5,9-10,16H,3,6-8,11-14H2,1-2H3/b21-19-/t16-,20-/m1/s1. The Hall–Kier alpha value is -1.68. The van der Waals surface area contributed by atoms with Gasteiger partial charge in [-0.2, -0.15) is 0 Å². The Labute approximate surface area is 144 Å². The van der Waals surface area contributed by atoms with Crippen molar-refractivity contribution >= 4 is 11.7 Å². The fraction of sp³-hybridized carbons (Fsp3) is 0.600. The molecule has 24 heavy (non-hydrogen) atoms. The lowest BCUT2D eigenvalue weighted by molar-refractivity contribution is -0.140. The monoisotopic (exact) mass is 329 g/mol. The van der Waals surface area contributed by atoms with E-state index in [4.69, 9.17) is 9.57 Å². The van der Waals surface area contributed by atoms with Crippen LogP contribution in [0.4, 0.5) is 0 Å². The van der Waals surface area contributed by atoms with Gasteiger partial charge in [-0.25, -0.2) is 4.79 Å². The Bertz CT molecular complexity index is 625. The number of hydrogen-bond donors (Lipinski definition) is 0. The molecule has 1 fully saturated rings. The zero-order valence-electron chi connectivity index (χ0n) is 14.7. The number of carbonyl (C=O) groups is 1. The van der Waals surface area contributed by atoms with Crippen LogP contribution >= 0.6 is 0 Å². The van der Waals surface area contributed by atoms with Crippen molar-refractivity contribution in [3.63, 3.8) is 0 Å². The molecule has 0 radical (unpaired) electrons. The van der Waals surface area contributed by atoms with Crippen LogP contribution in [0.2, 0.25) is 0 Å². The van der Waals surface area contributed by atoms with E-state index in [0.29, 0.717) is 5.92 Å². The van der Waals surface area contributed by atoms with Gasteiger partial charge in [0.2, 0.25) is 0 Å². The van der Waals surface area contributed by atoms with Crippen molar-refractivity contribution in [1.82, 2.24) is 0 Å². The van der Waals surface area contributed by atoms with Gasteiger partial charge < -0.3 is 9.57 Å². The molecule has 130 valence electrons. The minimum Gasteiger partial charge on any atom is -0.382 e. The van der Waals surface area contributed by atoms with Gasteiger partial charge in [-0.15, -0.1) is 0 Å². The second kappa shape index (κ2) is 7.47. The first-order valence-corrected chi connectivity index (χ1v) is 9.09. The molecule has 1 aromatic rings. The normalized spacial score (nSPS) is 27.4. The molecule has 1 aromatic carbocycles. The van der Waals surface area contributed by atoms with Crippen LogP contribution in [-0.4, -0.2) is 24.9 Å². The number of benzene rings is 1. The second-order valence-electron chi connectivity index (χ2n) is 6.92. The van der Waals surface area contributed by atoms with Gasteiger partial charge in [-0.3, -0.25) is 0 Å². The van der Waals surface area contributed by atoms with Gasteiger partial charge in [-0.05, 0) is 44.1 Å². The van der Waals surface area contributed by atoms with Crippen LogP contribution in [0.5, 0.6) is 0 Å². The lowest BCUT2D eigenvalue weighted by atomic mass is 9.55. The van der Waals surface area contributed by atoms with Crippen molar-refractivity contribution in [3.8, 4) is 0 Å². The minimum atomic E-state index is -0.364. The van der Waals surface area contributed by atoms with E-state index in [1.165, 1.54) is 38.2 Å². The molecule has 0 unspecified atom stereocenters. The van der Waals surface area contributed by atoms with E-state index in [0.717, 1.165) is 37.3 Å². The zero-order chi connectivity index (χ0) is 17.0. The molecule has 0 saturated heterocycles. The Morgan fingerprint density at radius 1 is 1.33 bits per heavy atom. The number of carbonyl (C=O) groups excluding carboxylic acids is 1. The lowest BCUT2D eigenvalue weighted by Crippen LogP contribution is -2.44. The van der Waals surface area contributed by atoms with Crippen LogP contribution in [0.25, 0.3) is 0 Å². The Morgan fingerprint density at radius 2 is 2.17 bits per heavy atom. The van der Waals surface area contributed by atoms with E-state index < -0.39 is 0 Å². The Balaban J connectivity index is 2.00. The van der Waals surface area contributed by atoms with E-state index in [1.807, 2.05) is 6.07 Å². The summed E-state index contributed by atoms with van der Waals surface area (Å²) in [6, 6.07) is 8.51. The molecule has 4 heteroatoms. The van der Waals surface area contributed by atoms with Gasteiger partial charge in [0.05, 0.1) is 5.71 Å². The maximum absolute atomic E-state index is 11.2. The SMILES string of the molecule is CCOCC[C@]12CCCC[C@@H]1C/C(=N/OC(C)=O)c1ccccc12. The molecule has 4 nitrogen and oxygen atoms in total. The Morgan fingerprint density at radius 3 is 2.96 bits per heavy atom.